The van der Waals surface area contributed by atoms with Crippen LogP contribution in [0.5, 0.6) is 0 Å². The van der Waals surface area contributed by atoms with Gasteiger partial charge in [-0.2, -0.15) is 0 Å². The van der Waals surface area contributed by atoms with Crippen molar-refractivity contribution in [2.75, 3.05) is 11.9 Å². The van der Waals surface area contributed by atoms with Crippen molar-refractivity contribution in [3.8, 4) is 0 Å². The predicted molar refractivity (Wildman–Crippen MR) is 77.0 cm³/mol. The Morgan fingerprint density at radius 1 is 1.44 bits per heavy atom. The molecule has 0 bridgehead atoms. The van der Waals surface area contributed by atoms with E-state index in [1.54, 1.807) is 0 Å². The molecule has 1 fully saturated rings. The molecule has 2 rings (SSSR count). The van der Waals surface area contributed by atoms with Gasteiger partial charge in [0.2, 0.25) is 0 Å². The molecular weight excluding hydrogens is 268 g/mol. The normalized spacial score (nSPS) is 19.8. The fourth-order valence-corrected chi connectivity index (χ4v) is 3.55. The molecule has 1 aromatic heterocycles. The van der Waals surface area contributed by atoms with E-state index in [4.69, 9.17) is 11.6 Å². The van der Waals surface area contributed by atoms with Gasteiger partial charge in [0.1, 0.15) is 4.88 Å². The molecule has 0 unspecified atom stereocenters. The van der Waals surface area contributed by atoms with Gasteiger partial charge in [0, 0.05) is 13.1 Å². The van der Waals surface area contributed by atoms with E-state index in [0.717, 1.165) is 11.4 Å². The summed E-state index contributed by atoms with van der Waals surface area (Å²) in [4.78, 5) is 17.8. The summed E-state index contributed by atoms with van der Waals surface area (Å²) in [5.74, 6) is 0. The van der Waals surface area contributed by atoms with Gasteiger partial charge in [-0.05, 0) is 31.1 Å². The molecule has 5 heteroatoms. The highest BCUT2D eigenvalue weighted by Gasteiger charge is 2.30. The van der Waals surface area contributed by atoms with E-state index in [-0.39, 0.29) is 0 Å². The number of hydrogen-bond donors (Lipinski definition) is 0. The van der Waals surface area contributed by atoms with Gasteiger partial charge >= 0.3 is 0 Å². The van der Waals surface area contributed by atoms with Crippen LogP contribution in [0.3, 0.4) is 0 Å². The molecule has 0 saturated heterocycles. The largest absolute Gasteiger partial charge is 0.348 e. The Hall–Kier alpha value is -0.610. The SMILES string of the molecule is CN(c1nc(Cl)c(C=O)s1)C1CCC(C)(C)CC1. The van der Waals surface area contributed by atoms with Crippen LogP contribution in [0.4, 0.5) is 5.13 Å². The van der Waals surface area contributed by atoms with Crippen molar-refractivity contribution >= 4 is 34.4 Å². The summed E-state index contributed by atoms with van der Waals surface area (Å²) in [6, 6.07) is 0.514. The summed E-state index contributed by atoms with van der Waals surface area (Å²) in [7, 11) is 2.05. The number of hydrogen-bond acceptors (Lipinski definition) is 4. The Morgan fingerprint density at radius 2 is 2.06 bits per heavy atom. The molecule has 100 valence electrons. The first-order chi connectivity index (χ1) is 8.43. The standard InChI is InChI=1S/C13H19ClN2OS/c1-13(2)6-4-9(5-7-13)16(3)12-15-11(14)10(8-17)18-12/h8-9H,4-7H2,1-3H3. The fourth-order valence-electron chi connectivity index (χ4n) is 2.45. The Morgan fingerprint density at radius 3 is 2.56 bits per heavy atom. The second kappa shape index (κ2) is 5.17. The number of rotatable bonds is 3. The molecule has 0 radical (unpaired) electrons. The molecule has 1 aromatic rings. The maximum absolute atomic E-state index is 10.8. The van der Waals surface area contributed by atoms with Crippen LogP contribution in [0.15, 0.2) is 0 Å². The first-order valence-corrected chi connectivity index (χ1v) is 7.47. The van der Waals surface area contributed by atoms with E-state index in [1.807, 2.05) is 7.05 Å². The summed E-state index contributed by atoms with van der Waals surface area (Å²) in [5, 5.41) is 1.18. The molecule has 1 saturated carbocycles. The number of halogens is 1. The number of thiazole rings is 1. The van der Waals surface area contributed by atoms with E-state index < -0.39 is 0 Å². The maximum Gasteiger partial charge on any atom is 0.187 e. The highest BCUT2D eigenvalue weighted by Crippen LogP contribution is 2.38. The smallest absolute Gasteiger partial charge is 0.187 e. The molecular formula is C13H19ClN2OS. The second-order valence-corrected chi connectivity index (χ2v) is 7.14. The molecule has 0 aliphatic heterocycles. The van der Waals surface area contributed by atoms with Crippen molar-refractivity contribution in [2.45, 2.75) is 45.6 Å². The lowest BCUT2D eigenvalue weighted by Crippen LogP contribution is -2.37. The number of carbonyl (C=O) groups excluding carboxylic acids is 1. The molecule has 0 atom stereocenters. The molecule has 0 N–H and O–H groups in total. The highest BCUT2D eigenvalue weighted by molar-refractivity contribution is 7.17. The molecule has 0 spiro atoms. The van der Waals surface area contributed by atoms with Gasteiger partial charge in [0.15, 0.2) is 16.6 Å². The van der Waals surface area contributed by atoms with Crippen molar-refractivity contribution in [1.82, 2.24) is 4.98 Å². The van der Waals surface area contributed by atoms with Crippen molar-refractivity contribution in [3.63, 3.8) is 0 Å². The first kappa shape index (κ1) is 13.8. The lowest BCUT2D eigenvalue weighted by atomic mass is 9.75. The lowest BCUT2D eigenvalue weighted by Gasteiger charge is -2.38. The van der Waals surface area contributed by atoms with Crippen LogP contribution in [0, 0.1) is 5.41 Å². The van der Waals surface area contributed by atoms with Gasteiger partial charge in [-0.15, -0.1) is 0 Å². The Kier molecular flexibility index (Phi) is 3.97. The molecule has 1 aliphatic rings. The molecule has 1 aliphatic carbocycles. The van der Waals surface area contributed by atoms with Gasteiger partial charge in [-0.25, -0.2) is 4.98 Å². The number of aldehydes is 1. The summed E-state index contributed by atoms with van der Waals surface area (Å²) < 4.78 is 0. The summed E-state index contributed by atoms with van der Waals surface area (Å²) in [6.45, 7) is 4.65. The van der Waals surface area contributed by atoms with Crippen LogP contribution in [-0.4, -0.2) is 24.4 Å². The van der Waals surface area contributed by atoms with Crippen LogP contribution in [0.1, 0.15) is 49.2 Å². The van der Waals surface area contributed by atoms with Crippen LogP contribution >= 0.6 is 22.9 Å². The van der Waals surface area contributed by atoms with Crippen LogP contribution in [-0.2, 0) is 0 Å². The van der Waals surface area contributed by atoms with Gasteiger partial charge in [0.25, 0.3) is 0 Å². The van der Waals surface area contributed by atoms with Crippen LogP contribution < -0.4 is 4.90 Å². The third-order valence-electron chi connectivity index (χ3n) is 3.86. The van der Waals surface area contributed by atoms with E-state index in [9.17, 15) is 4.79 Å². The van der Waals surface area contributed by atoms with Gasteiger partial charge in [0.05, 0.1) is 0 Å². The Labute approximate surface area is 117 Å². The zero-order chi connectivity index (χ0) is 13.3. The number of anilines is 1. The van der Waals surface area contributed by atoms with Gasteiger partial charge in [-0.1, -0.05) is 36.8 Å². The Bertz CT molecular complexity index is 434. The number of carbonyl (C=O) groups is 1. The molecule has 18 heavy (non-hydrogen) atoms. The zero-order valence-corrected chi connectivity index (χ0v) is 12.6. The summed E-state index contributed by atoms with van der Waals surface area (Å²) >= 11 is 7.29. The van der Waals surface area contributed by atoms with Crippen molar-refractivity contribution in [3.05, 3.63) is 10.0 Å². The molecule has 1 heterocycles. The second-order valence-electron chi connectivity index (χ2n) is 5.78. The lowest BCUT2D eigenvalue weighted by molar-refractivity contribution is 0.112. The van der Waals surface area contributed by atoms with Crippen molar-refractivity contribution < 1.29 is 4.79 Å². The zero-order valence-electron chi connectivity index (χ0n) is 11.1. The summed E-state index contributed by atoms with van der Waals surface area (Å²) in [5.41, 5.74) is 0.464. The minimum absolute atomic E-state index is 0.327. The minimum Gasteiger partial charge on any atom is -0.348 e. The first-order valence-electron chi connectivity index (χ1n) is 6.27. The topological polar surface area (TPSA) is 33.2 Å². The average Bonchev–Trinajstić information content (AvgIpc) is 2.69. The van der Waals surface area contributed by atoms with Crippen LogP contribution in [0.2, 0.25) is 5.15 Å². The molecule has 0 aromatic carbocycles. The van der Waals surface area contributed by atoms with Gasteiger partial charge in [-0.3, -0.25) is 4.79 Å². The molecule has 3 nitrogen and oxygen atoms in total. The third-order valence-corrected chi connectivity index (χ3v) is 5.34. The van der Waals surface area contributed by atoms with Crippen molar-refractivity contribution in [2.24, 2.45) is 5.41 Å². The maximum atomic E-state index is 10.8. The van der Waals surface area contributed by atoms with E-state index >= 15 is 0 Å². The van der Waals surface area contributed by atoms with E-state index in [0.29, 0.717) is 21.5 Å². The minimum atomic E-state index is 0.327. The summed E-state index contributed by atoms with van der Waals surface area (Å²) in [6.07, 6.45) is 5.61. The predicted octanol–water partition coefficient (Wildman–Crippen LogP) is 4.01. The van der Waals surface area contributed by atoms with E-state index in [2.05, 4.69) is 23.7 Å². The van der Waals surface area contributed by atoms with E-state index in [1.165, 1.54) is 37.0 Å². The third kappa shape index (κ3) is 2.86. The quantitative estimate of drug-likeness (QED) is 0.787. The van der Waals surface area contributed by atoms with Crippen molar-refractivity contribution in [1.29, 1.82) is 0 Å². The number of aromatic nitrogens is 1. The van der Waals surface area contributed by atoms with Gasteiger partial charge < -0.3 is 4.90 Å². The molecule has 0 amide bonds. The van der Waals surface area contributed by atoms with Crippen LogP contribution in [0.25, 0.3) is 0 Å². The highest BCUT2D eigenvalue weighted by atomic mass is 35.5. The fraction of sp³-hybridized carbons (Fsp3) is 0.692. The monoisotopic (exact) mass is 286 g/mol. The number of nitrogens with zero attached hydrogens (tertiary/aromatic N) is 2. The Balaban J connectivity index is 2.07. The average molecular weight is 287 g/mol.